The van der Waals surface area contributed by atoms with Crippen LogP contribution in [0, 0.1) is 0 Å². The zero-order valence-corrected chi connectivity index (χ0v) is 9.77. The normalized spacial score (nSPS) is 20.7. The van der Waals surface area contributed by atoms with Crippen molar-refractivity contribution in [2.75, 3.05) is 6.54 Å². The number of carbonyl (C=O) groups is 2. The van der Waals surface area contributed by atoms with Crippen molar-refractivity contribution in [2.45, 2.75) is 38.8 Å². The topological polar surface area (TPSA) is 66.8 Å². The van der Waals surface area contributed by atoms with E-state index in [1.54, 1.807) is 20.8 Å². The second kappa shape index (κ2) is 4.55. The second-order valence-corrected chi connectivity index (χ2v) is 4.73. The Hall–Kier alpha value is -1.52. The summed E-state index contributed by atoms with van der Waals surface area (Å²) < 4.78 is 5.18. The van der Waals surface area contributed by atoms with Crippen LogP contribution in [0.2, 0.25) is 0 Å². The van der Waals surface area contributed by atoms with Gasteiger partial charge in [0.05, 0.1) is 6.04 Å². The minimum atomic E-state index is -1.00. The highest BCUT2D eigenvalue weighted by Crippen LogP contribution is 2.21. The number of amides is 1. The van der Waals surface area contributed by atoms with Gasteiger partial charge in [-0.2, -0.15) is 0 Å². The van der Waals surface area contributed by atoms with E-state index in [1.165, 1.54) is 11.0 Å². The van der Waals surface area contributed by atoms with Gasteiger partial charge in [0.25, 0.3) is 0 Å². The Morgan fingerprint density at radius 2 is 2.06 bits per heavy atom. The zero-order chi connectivity index (χ0) is 12.3. The number of rotatable bonds is 2. The number of likely N-dealkylation sites (tertiary alicyclic amines) is 1. The summed E-state index contributed by atoms with van der Waals surface area (Å²) in [6.07, 6.45) is 2.96. The Morgan fingerprint density at radius 1 is 1.44 bits per heavy atom. The summed E-state index contributed by atoms with van der Waals surface area (Å²) in [7, 11) is 0. The van der Waals surface area contributed by atoms with Gasteiger partial charge in [0, 0.05) is 12.6 Å². The van der Waals surface area contributed by atoms with Crippen molar-refractivity contribution in [3.63, 3.8) is 0 Å². The van der Waals surface area contributed by atoms with E-state index in [2.05, 4.69) is 0 Å². The molecule has 0 bridgehead atoms. The van der Waals surface area contributed by atoms with Crippen molar-refractivity contribution in [1.29, 1.82) is 0 Å². The number of nitrogens with zero attached hydrogens (tertiary/aromatic N) is 1. The van der Waals surface area contributed by atoms with Crippen molar-refractivity contribution in [3.05, 3.63) is 12.2 Å². The van der Waals surface area contributed by atoms with E-state index < -0.39 is 17.7 Å². The lowest BCUT2D eigenvalue weighted by atomic mass is 10.0. The maximum absolute atomic E-state index is 11.6. The van der Waals surface area contributed by atoms with Crippen LogP contribution in [0.1, 0.15) is 27.2 Å². The molecule has 1 amide bonds. The van der Waals surface area contributed by atoms with Crippen LogP contribution < -0.4 is 0 Å². The van der Waals surface area contributed by atoms with Crippen LogP contribution in [0.3, 0.4) is 0 Å². The fraction of sp³-hybridized carbons (Fsp3) is 0.636. The zero-order valence-electron chi connectivity index (χ0n) is 9.77. The molecule has 1 rings (SSSR count). The van der Waals surface area contributed by atoms with Gasteiger partial charge in [-0.1, -0.05) is 6.08 Å². The number of aliphatic carboxylic acids is 1. The lowest BCUT2D eigenvalue weighted by Crippen LogP contribution is -2.51. The lowest BCUT2D eigenvalue weighted by molar-refractivity contribution is -0.131. The molecule has 1 saturated heterocycles. The van der Waals surface area contributed by atoms with Gasteiger partial charge in [-0.3, -0.25) is 0 Å². The third kappa shape index (κ3) is 3.56. The third-order valence-electron chi connectivity index (χ3n) is 2.16. The Bertz CT molecular complexity index is 316. The summed E-state index contributed by atoms with van der Waals surface area (Å²) in [5.74, 6) is -1.00. The first-order valence-corrected chi connectivity index (χ1v) is 5.20. The van der Waals surface area contributed by atoms with Crippen LogP contribution in [0.25, 0.3) is 0 Å². The molecule has 1 unspecified atom stereocenters. The standard InChI is InChI=1S/C11H17NO4/c1-11(2,3)16-10(15)12-7-6-8(12)4-5-9(13)14/h4-5,8H,6-7H2,1-3H3,(H,13,14)/b5-4+. The largest absolute Gasteiger partial charge is 0.478 e. The van der Waals surface area contributed by atoms with E-state index in [4.69, 9.17) is 9.84 Å². The van der Waals surface area contributed by atoms with Gasteiger partial charge >= 0.3 is 12.1 Å². The average molecular weight is 227 g/mol. The van der Waals surface area contributed by atoms with Crippen LogP contribution >= 0.6 is 0 Å². The molecular weight excluding hydrogens is 210 g/mol. The molecule has 0 aromatic rings. The average Bonchev–Trinajstić information content (AvgIpc) is 1.96. The quantitative estimate of drug-likeness (QED) is 0.728. The van der Waals surface area contributed by atoms with Crippen LogP contribution in [0.4, 0.5) is 4.79 Å². The number of ether oxygens (including phenoxy) is 1. The predicted octanol–water partition coefficient (Wildman–Crippen LogP) is 1.64. The molecule has 0 aromatic carbocycles. The Morgan fingerprint density at radius 3 is 2.44 bits per heavy atom. The summed E-state index contributed by atoms with van der Waals surface area (Å²) in [5, 5.41) is 8.47. The molecule has 0 radical (unpaired) electrons. The summed E-state index contributed by atoms with van der Waals surface area (Å²) >= 11 is 0. The van der Waals surface area contributed by atoms with Crippen molar-refractivity contribution in [3.8, 4) is 0 Å². The molecule has 16 heavy (non-hydrogen) atoms. The van der Waals surface area contributed by atoms with E-state index >= 15 is 0 Å². The van der Waals surface area contributed by atoms with E-state index in [9.17, 15) is 9.59 Å². The summed E-state index contributed by atoms with van der Waals surface area (Å²) in [5.41, 5.74) is -0.520. The minimum Gasteiger partial charge on any atom is -0.478 e. The third-order valence-corrected chi connectivity index (χ3v) is 2.16. The van der Waals surface area contributed by atoms with Crippen molar-refractivity contribution in [1.82, 2.24) is 4.90 Å². The van der Waals surface area contributed by atoms with Gasteiger partial charge in [-0.25, -0.2) is 9.59 Å². The summed E-state index contributed by atoms with van der Waals surface area (Å²) in [4.78, 5) is 23.5. The van der Waals surface area contributed by atoms with Gasteiger partial charge in [-0.05, 0) is 27.2 Å². The first kappa shape index (κ1) is 12.5. The fourth-order valence-corrected chi connectivity index (χ4v) is 1.35. The van der Waals surface area contributed by atoms with Gasteiger partial charge in [-0.15, -0.1) is 0 Å². The minimum absolute atomic E-state index is 0.147. The maximum Gasteiger partial charge on any atom is 0.410 e. The molecule has 1 aliphatic heterocycles. The van der Waals surface area contributed by atoms with Crippen LogP contribution in [-0.2, 0) is 9.53 Å². The number of carboxylic acid groups (broad SMARTS) is 1. The first-order valence-electron chi connectivity index (χ1n) is 5.20. The number of hydrogen-bond acceptors (Lipinski definition) is 3. The highest BCUT2D eigenvalue weighted by atomic mass is 16.6. The number of carboxylic acids is 1. The highest BCUT2D eigenvalue weighted by Gasteiger charge is 2.33. The molecule has 5 nitrogen and oxygen atoms in total. The summed E-state index contributed by atoms with van der Waals surface area (Å²) in [6.45, 7) is 6.01. The van der Waals surface area contributed by atoms with Gasteiger partial charge < -0.3 is 14.7 Å². The van der Waals surface area contributed by atoms with Crippen LogP contribution in [0.5, 0.6) is 0 Å². The van der Waals surface area contributed by atoms with E-state index in [1.807, 2.05) is 0 Å². The molecule has 0 spiro atoms. The van der Waals surface area contributed by atoms with Gasteiger partial charge in [0.1, 0.15) is 5.60 Å². The molecule has 1 aliphatic rings. The molecule has 90 valence electrons. The molecule has 1 atom stereocenters. The second-order valence-electron chi connectivity index (χ2n) is 4.73. The van der Waals surface area contributed by atoms with Crippen LogP contribution in [0.15, 0.2) is 12.2 Å². The van der Waals surface area contributed by atoms with E-state index in [-0.39, 0.29) is 6.04 Å². The van der Waals surface area contributed by atoms with E-state index in [0.717, 1.165) is 12.5 Å². The molecule has 1 N–H and O–H groups in total. The number of carbonyl (C=O) groups excluding carboxylic acids is 1. The van der Waals surface area contributed by atoms with Crippen LogP contribution in [-0.4, -0.2) is 40.3 Å². The van der Waals surface area contributed by atoms with Gasteiger partial charge in [0.15, 0.2) is 0 Å². The lowest BCUT2D eigenvalue weighted by Gasteiger charge is -2.39. The first-order chi connectivity index (χ1) is 7.29. The highest BCUT2D eigenvalue weighted by molar-refractivity contribution is 5.80. The number of hydrogen-bond donors (Lipinski definition) is 1. The Kier molecular flexibility index (Phi) is 3.57. The van der Waals surface area contributed by atoms with Crippen molar-refractivity contribution in [2.24, 2.45) is 0 Å². The molecule has 0 saturated carbocycles. The molecular formula is C11H17NO4. The molecule has 1 heterocycles. The molecule has 5 heteroatoms. The summed E-state index contributed by atoms with van der Waals surface area (Å²) in [6, 6.07) is -0.147. The SMILES string of the molecule is CC(C)(C)OC(=O)N1CCC1/C=C/C(=O)O. The monoisotopic (exact) mass is 227 g/mol. The van der Waals surface area contributed by atoms with E-state index in [0.29, 0.717) is 6.54 Å². The maximum atomic E-state index is 11.6. The fourth-order valence-electron chi connectivity index (χ4n) is 1.35. The molecule has 1 fully saturated rings. The van der Waals surface area contributed by atoms with Crippen molar-refractivity contribution >= 4 is 12.1 Å². The molecule has 0 aromatic heterocycles. The predicted molar refractivity (Wildman–Crippen MR) is 58.1 cm³/mol. The smallest absolute Gasteiger partial charge is 0.410 e. The van der Waals surface area contributed by atoms with Crippen molar-refractivity contribution < 1.29 is 19.4 Å². The Labute approximate surface area is 94.7 Å². The Balaban J connectivity index is 2.49. The van der Waals surface area contributed by atoms with Gasteiger partial charge in [0.2, 0.25) is 0 Å². The molecule has 0 aliphatic carbocycles.